The highest BCUT2D eigenvalue weighted by Crippen LogP contribution is 2.34. The molecule has 4 aromatic rings. The zero-order chi connectivity index (χ0) is 20.0. The molecule has 1 saturated carbocycles. The third-order valence-electron chi connectivity index (χ3n) is 5.42. The third-order valence-corrected chi connectivity index (χ3v) is 5.42. The molecule has 0 spiro atoms. The molecule has 1 aliphatic rings. The number of benzene rings is 1. The second-order valence-electron chi connectivity index (χ2n) is 7.89. The average Bonchev–Trinajstić information content (AvgIpc) is 3.23. The molecule has 0 radical (unpaired) electrons. The van der Waals surface area contributed by atoms with Crippen LogP contribution in [0.25, 0.3) is 16.9 Å². The molecule has 1 fully saturated rings. The van der Waals surface area contributed by atoms with Crippen LogP contribution in [0.4, 0.5) is 0 Å². The highest BCUT2D eigenvalue weighted by Gasteiger charge is 2.25. The SMILES string of the molecule is Cc1cc(Cc2nc3cncc(-c4cnn(C)c4)n3n2)ccc1C(=O)CC1CC1. The van der Waals surface area contributed by atoms with Crippen LogP contribution in [-0.4, -0.2) is 35.1 Å². The van der Waals surface area contributed by atoms with Crippen molar-refractivity contribution in [3.8, 4) is 11.3 Å². The summed E-state index contributed by atoms with van der Waals surface area (Å²) in [5.41, 5.74) is 5.45. The molecule has 0 amide bonds. The van der Waals surface area contributed by atoms with Crippen LogP contribution in [-0.2, 0) is 13.5 Å². The molecule has 3 aromatic heterocycles. The van der Waals surface area contributed by atoms with Crippen LogP contribution in [0.15, 0.2) is 43.0 Å². The van der Waals surface area contributed by atoms with Gasteiger partial charge in [-0.25, -0.2) is 9.50 Å². The number of hydrogen-bond acceptors (Lipinski definition) is 5. The summed E-state index contributed by atoms with van der Waals surface area (Å²) in [5.74, 6) is 1.58. The van der Waals surface area contributed by atoms with Gasteiger partial charge in [-0.05, 0) is 36.8 Å². The summed E-state index contributed by atoms with van der Waals surface area (Å²) in [6, 6.07) is 6.04. The van der Waals surface area contributed by atoms with Crippen LogP contribution >= 0.6 is 0 Å². The fourth-order valence-corrected chi connectivity index (χ4v) is 3.71. The van der Waals surface area contributed by atoms with Gasteiger partial charge in [0.15, 0.2) is 17.3 Å². The minimum atomic E-state index is 0.259. The number of carbonyl (C=O) groups excluding carboxylic acids is 1. The van der Waals surface area contributed by atoms with Gasteiger partial charge in [0.1, 0.15) is 0 Å². The third kappa shape index (κ3) is 3.55. The maximum atomic E-state index is 12.4. The lowest BCUT2D eigenvalue weighted by atomic mass is 9.98. The van der Waals surface area contributed by atoms with Crippen LogP contribution < -0.4 is 0 Å². The Morgan fingerprint density at radius 1 is 1.21 bits per heavy atom. The van der Waals surface area contributed by atoms with E-state index in [-0.39, 0.29) is 5.78 Å². The molecule has 0 bridgehead atoms. The van der Waals surface area contributed by atoms with E-state index in [1.165, 1.54) is 12.8 Å². The largest absolute Gasteiger partial charge is 0.294 e. The number of rotatable bonds is 6. The molecule has 29 heavy (non-hydrogen) atoms. The number of Topliss-reactive ketones (excluding diaryl/α,β-unsaturated/α-hetero) is 1. The Morgan fingerprint density at radius 3 is 2.79 bits per heavy atom. The number of ketones is 1. The van der Waals surface area contributed by atoms with Crippen LogP contribution in [0.2, 0.25) is 0 Å². The smallest absolute Gasteiger partial charge is 0.174 e. The summed E-state index contributed by atoms with van der Waals surface area (Å²) >= 11 is 0. The first-order valence-electron chi connectivity index (χ1n) is 9.88. The zero-order valence-electron chi connectivity index (χ0n) is 16.5. The summed E-state index contributed by atoms with van der Waals surface area (Å²) in [6.45, 7) is 2.01. The maximum absolute atomic E-state index is 12.4. The van der Waals surface area contributed by atoms with Crippen molar-refractivity contribution < 1.29 is 4.79 Å². The highest BCUT2D eigenvalue weighted by atomic mass is 16.1. The minimum Gasteiger partial charge on any atom is -0.294 e. The lowest BCUT2D eigenvalue weighted by Crippen LogP contribution is -2.04. The Balaban J connectivity index is 1.41. The first-order valence-corrected chi connectivity index (χ1v) is 9.88. The highest BCUT2D eigenvalue weighted by molar-refractivity contribution is 5.97. The maximum Gasteiger partial charge on any atom is 0.174 e. The molecule has 7 heteroatoms. The molecule has 0 unspecified atom stereocenters. The van der Waals surface area contributed by atoms with Crippen LogP contribution in [0.1, 0.15) is 46.6 Å². The Kier molecular flexibility index (Phi) is 4.23. The van der Waals surface area contributed by atoms with Gasteiger partial charge in [-0.1, -0.05) is 18.2 Å². The molecule has 0 N–H and O–H groups in total. The van der Waals surface area contributed by atoms with E-state index >= 15 is 0 Å². The van der Waals surface area contributed by atoms with Gasteiger partial charge in [-0.2, -0.15) is 10.2 Å². The van der Waals surface area contributed by atoms with Gasteiger partial charge in [-0.3, -0.25) is 14.5 Å². The van der Waals surface area contributed by atoms with Crippen molar-refractivity contribution in [1.29, 1.82) is 0 Å². The standard InChI is InChI=1S/C22H22N6O/c1-14-7-16(5-6-18(14)20(29)8-15-3-4-15)9-21-25-22-12-23-11-19(28(22)26-21)17-10-24-27(2)13-17/h5-7,10-13,15H,3-4,8-9H2,1-2H3. The van der Waals surface area contributed by atoms with Gasteiger partial charge in [0.05, 0.1) is 24.3 Å². The van der Waals surface area contributed by atoms with Gasteiger partial charge in [0, 0.05) is 37.2 Å². The predicted molar refractivity (Wildman–Crippen MR) is 109 cm³/mol. The first-order chi connectivity index (χ1) is 14.1. The molecule has 0 atom stereocenters. The lowest BCUT2D eigenvalue weighted by molar-refractivity contribution is 0.0975. The van der Waals surface area contributed by atoms with Gasteiger partial charge >= 0.3 is 0 Å². The van der Waals surface area contributed by atoms with E-state index in [2.05, 4.69) is 21.1 Å². The molecule has 0 saturated heterocycles. The van der Waals surface area contributed by atoms with E-state index in [1.807, 2.05) is 32.3 Å². The van der Waals surface area contributed by atoms with E-state index in [1.54, 1.807) is 27.8 Å². The number of carbonyl (C=O) groups is 1. The van der Waals surface area contributed by atoms with Gasteiger partial charge in [-0.15, -0.1) is 0 Å². The molecule has 3 heterocycles. The first kappa shape index (κ1) is 17.7. The number of fused-ring (bicyclic) bond motifs is 1. The van der Waals surface area contributed by atoms with E-state index < -0.39 is 0 Å². The van der Waals surface area contributed by atoms with E-state index in [4.69, 9.17) is 5.10 Å². The van der Waals surface area contributed by atoms with Gasteiger partial charge < -0.3 is 0 Å². The second-order valence-corrected chi connectivity index (χ2v) is 7.89. The summed E-state index contributed by atoms with van der Waals surface area (Å²) < 4.78 is 3.56. The van der Waals surface area contributed by atoms with Crippen molar-refractivity contribution in [3.05, 3.63) is 65.5 Å². The Morgan fingerprint density at radius 2 is 2.07 bits per heavy atom. The van der Waals surface area contributed by atoms with Crippen LogP contribution in [0, 0.1) is 12.8 Å². The normalized spacial score (nSPS) is 13.9. The Hall–Kier alpha value is -3.35. The molecule has 5 rings (SSSR count). The van der Waals surface area contributed by atoms with Gasteiger partial charge in [0.2, 0.25) is 0 Å². The number of aryl methyl sites for hydroxylation is 2. The Bertz CT molecular complexity index is 1220. The van der Waals surface area contributed by atoms with Crippen molar-refractivity contribution in [2.24, 2.45) is 13.0 Å². The van der Waals surface area contributed by atoms with Crippen molar-refractivity contribution >= 4 is 11.4 Å². The van der Waals surface area contributed by atoms with E-state index in [0.717, 1.165) is 33.8 Å². The molecular weight excluding hydrogens is 364 g/mol. The number of aromatic nitrogens is 6. The van der Waals surface area contributed by atoms with Crippen molar-refractivity contribution in [1.82, 2.24) is 29.4 Å². The van der Waals surface area contributed by atoms with Gasteiger partial charge in [0.25, 0.3) is 0 Å². The van der Waals surface area contributed by atoms with Crippen LogP contribution in [0.5, 0.6) is 0 Å². The average molecular weight is 386 g/mol. The van der Waals surface area contributed by atoms with E-state index in [0.29, 0.717) is 24.4 Å². The molecule has 0 aliphatic heterocycles. The molecule has 146 valence electrons. The minimum absolute atomic E-state index is 0.259. The molecular formula is C22H22N6O. The number of nitrogens with zero attached hydrogens (tertiary/aromatic N) is 6. The van der Waals surface area contributed by atoms with Crippen molar-refractivity contribution in [3.63, 3.8) is 0 Å². The monoisotopic (exact) mass is 386 g/mol. The summed E-state index contributed by atoms with van der Waals surface area (Å²) in [5, 5.41) is 8.92. The topological polar surface area (TPSA) is 78.0 Å². The summed E-state index contributed by atoms with van der Waals surface area (Å²) in [6.07, 6.45) is 10.9. The fraction of sp³-hybridized carbons (Fsp3) is 0.318. The van der Waals surface area contributed by atoms with Crippen LogP contribution in [0.3, 0.4) is 0 Å². The fourth-order valence-electron chi connectivity index (χ4n) is 3.71. The summed E-state index contributed by atoms with van der Waals surface area (Å²) in [4.78, 5) is 21.4. The summed E-state index contributed by atoms with van der Waals surface area (Å²) in [7, 11) is 1.88. The van der Waals surface area contributed by atoms with E-state index in [9.17, 15) is 4.79 Å². The predicted octanol–water partition coefficient (Wildman–Crippen LogP) is 3.41. The lowest BCUT2D eigenvalue weighted by Gasteiger charge is -2.07. The number of hydrogen-bond donors (Lipinski definition) is 0. The molecule has 7 nitrogen and oxygen atoms in total. The second kappa shape index (κ2) is 6.92. The zero-order valence-corrected chi connectivity index (χ0v) is 16.5. The molecule has 1 aromatic carbocycles. The molecule has 1 aliphatic carbocycles. The van der Waals surface area contributed by atoms with Crippen molar-refractivity contribution in [2.75, 3.05) is 0 Å². The van der Waals surface area contributed by atoms with Crippen molar-refractivity contribution in [2.45, 2.75) is 32.6 Å². The quantitative estimate of drug-likeness (QED) is 0.475. The Labute approximate surface area is 168 Å².